The summed E-state index contributed by atoms with van der Waals surface area (Å²) in [5.41, 5.74) is 3.63. The second kappa shape index (κ2) is 8.37. The van der Waals surface area contributed by atoms with Crippen molar-refractivity contribution in [3.05, 3.63) is 47.3 Å². The molecule has 28 heavy (non-hydrogen) atoms. The molecule has 1 saturated heterocycles. The fraction of sp³-hybridized carbons (Fsp3) is 0.429. The van der Waals surface area contributed by atoms with Crippen molar-refractivity contribution in [2.75, 3.05) is 39.8 Å². The van der Waals surface area contributed by atoms with Crippen LogP contribution in [0.15, 0.2) is 30.3 Å². The number of ether oxygens (including phenoxy) is 1. The molecule has 1 aliphatic rings. The van der Waals surface area contributed by atoms with Crippen molar-refractivity contribution < 1.29 is 14.3 Å². The molecule has 2 heterocycles. The van der Waals surface area contributed by atoms with Crippen molar-refractivity contribution in [3.8, 4) is 11.4 Å². The maximum atomic E-state index is 13.1. The number of aryl methyl sites for hydroxylation is 1. The van der Waals surface area contributed by atoms with Gasteiger partial charge in [0.15, 0.2) is 0 Å². The molecule has 0 aliphatic carbocycles. The number of aromatic nitrogens is 1. The van der Waals surface area contributed by atoms with Crippen molar-refractivity contribution >= 4 is 11.9 Å². The third-order valence-electron chi connectivity index (χ3n) is 5.17. The van der Waals surface area contributed by atoms with Gasteiger partial charge in [0, 0.05) is 49.8 Å². The zero-order valence-corrected chi connectivity index (χ0v) is 17.0. The Bertz CT molecular complexity index is 849. The number of piperazine rings is 1. The highest BCUT2D eigenvalue weighted by atomic mass is 16.5. The first-order chi connectivity index (χ1) is 13.5. The van der Waals surface area contributed by atoms with E-state index in [4.69, 9.17) is 4.74 Å². The summed E-state index contributed by atoms with van der Waals surface area (Å²) in [7, 11) is 1.64. The van der Waals surface area contributed by atoms with Gasteiger partial charge in [-0.1, -0.05) is 0 Å². The standard InChI is InChI=1S/C21H28N4O3/c1-5-22-21(27)24-12-10-23(11-13-24)20(26)19-14-15(2)25(16(19)3)17-6-8-18(28-4)9-7-17/h6-9,14H,5,10-13H2,1-4H3,(H,22,27). The molecule has 0 bridgehead atoms. The van der Waals surface area contributed by atoms with Crippen LogP contribution in [0.25, 0.3) is 5.69 Å². The Morgan fingerprint density at radius 2 is 1.64 bits per heavy atom. The summed E-state index contributed by atoms with van der Waals surface area (Å²) in [4.78, 5) is 28.6. The van der Waals surface area contributed by atoms with Gasteiger partial charge in [-0.05, 0) is 51.1 Å². The summed E-state index contributed by atoms with van der Waals surface area (Å²) < 4.78 is 7.31. The average Bonchev–Trinajstić information content (AvgIpc) is 3.02. The second-order valence-electron chi connectivity index (χ2n) is 6.93. The number of nitrogens with zero attached hydrogens (tertiary/aromatic N) is 3. The zero-order valence-electron chi connectivity index (χ0n) is 17.0. The van der Waals surface area contributed by atoms with Crippen LogP contribution in [0.1, 0.15) is 28.7 Å². The molecule has 0 saturated carbocycles. The predicted octanol–water partition coefficient (Wildman–Crippen LogP) is 2.59. The van der Waals surface area contributed by atoms with E-state index in [0.29, 0.717) is 38.3 Å². The Morgan fingerprint density at radius 3 is 2.21 bits per heavy atom. The molecular formula is C21H28N4O3. The van der Waals surface area contributed by atoms with Crippen LogP contribution in [0.2, 0.25) is 0 Å². The highest BCUT2D eigenvalue weighted by molar-refractivity contribution is 5.96. The zero-order chi connectivity index (χ0) is 20.3. The van der Waals surface area contributed by atoms with Gasteiger partial charge in [0.1, 0.15) is 5.75 Å². The van der Waals surface area contributed by atoms with Gasteiger partial charge in [-0.15, -0.1) is 0 Å². The summed E-state index contributed by atoms with van der Waals surface area (Å²) in [6.07, 6.45) is 0. The van der Waals surface area contributed by atoms with Gasteiger partial charge in [-0.25, -0.2) is 4.79 Å². The smallest absolute Gasteiger partial charge is 0.317 e. The predicted molar refractivity (Wildman–Crippen MR) is 108 cm³/mol. The van der Waals surface area contributed by atoms with Crippen LogP contribution in [-0.4, -0.2) is 66.1 Å². The molecule has 1 aromatic carbocycles. The van der Waals surface area contributed by atoms with Crippen molar-refractivity contribution in [1.82, 2.24) is 19.7 Å². The SMILES string of the molecule is CCNC(=O)N1CCN(C(=O)c2cc(C)n(-c3ccc(OC)cc3)c2C)CC1. The minimum atomic E-state index is -0.0627. The largest absolute Gasteiger partial charge is 0.497 e. The molecule has 1 N–H and O–H groups in total. The fourth-order valence-electron chi connectivity index (χ4n) is 3.65. The number of urea groups is 1. The molecule has 3 rings (SSSR count). The fourth-order valence-corrected chi connectivity index (χ4v) is 3.65. The van der Waals surface area contributed by atoms with Crippen LogP contribution in [0.5, 0.6) is 5.75 Å². The Kier molecular flexibility index (Phi) is 5.92. The molecule has 1 aliphatic heterocycles. The highest BCUT2D eigenvalue weighted by Crippen LogP contribution is 2.24. The van der Waals surface area contributed by atoms with Crippen molar-refractivity contribution in [1.29, 1.82) is 0 Å². The third kappa shape index (κ3) is 3.83. The number of carbonyl (C=O) groups excluding carboxylic acids is 2. The summed E-state index contributed by atoms with van der Waals surface area (Å²) >= 11 is 0. The normalized spacial score (nSPS) is 14.1. The molecule has 7 nitrogen and oxygen atoms in total. The number of benzene rings is 1. The average molecular weight is 384 g/mol. The van der Waals surface area contributed by atoms with Crippen LogP contribution in [0.4, 0.5) is 4.79 Å². The number of methoxy groups -OCH3 is 1. The molecule has 0 atom stereocenters. The minimum Gasteiger partial charge on any atom is -0.497 e. The highest BCUT2D eigenvalue weighted by Gasteiger charge is 2.27. The van der Waals surface area contributed by atoms with Crippen LogP contribution in [0.3, 0.4) is 0 Å². The number of rotatable bonds is 4. The maximum absolute atomic E-state index is 13.1. The van der Waals surface area contributed by atoms with Crippen molar-refractivity contribution in [3.63, 3.8) is 0 Å². The summed E-state index contributed by atoms with van der Waals surface area (Å²) in [6, 6.07) is 9.67. The van der Waals surface area contributed by atoms with Gasteiger partial charge >= 0.3 is 6.03 Å². The Hall–Kier alpha value is -2.96. The molecule has 3 amide bonds. The first-order valence-corrected chi connectivity index (χ1v) is 9.61. The van der Waals surface area contributed by atoms with Crippen LogP contribution in [0, 0.1) is 13.8 Å². The minimum absolute atomic E-state index is 0.0170. The van der Waals surface area contributed by atoms with Crippen molar-refractivity contribution in [2.24, 2.45) is 0 Å². The van der Waals surface area contributed by atoms with E-state index in [0.717, 1.165) is 22.8 Å². The number of hydrogen-bond donors (Lipinski definition) is 1. The number of carbonyl (C=O) groups is 2. The summed E-state index contributed by atoms with van der Waals surface area (Å²) in [6.45, 7) is 8.66. The summed E-state index contributed by atoms with van der Waals surface area (Å²) in [5, 5.41) is 2.81. The van der Waals surface area contributed by atoms with Crippen LogP contribution < -0.4 is 10.1 Å². The van der Waals surface area contributed by atoms with Crippen LogP contribution in [-0.2, 0) is 0 Å². The van der Waals surface area contributed by atoms with E-state index >= 15 is 0 Å². The van der Waals surface area contributed by atoms with Gasteiger partial charge in [0.2, 0.25) is 0 Å². The Morgan fingerprint density at radius 1 is 1.04 bits per heavy atom. The third-order valence-corrected chi connectivity index (χ3v) is 5.17. The number of hydrogen-bond acceptors (Lipinski definition) is 3. The molecule has 7 heteroatoms. The number of amides is 3. The van der Waals surface area contributed by atoms with Gasteiger partial charge in [-0.3, -0.25) is 4.79 Å². The molecular weight excluding hydrogens is 356 g/mol. The van der Waals surface area contributed by atoms with Gasteiger partial charge in [-0.2, -0.15) is 0 Å². The Balaban J connectivity index is 1.75. The van der Waals surface area contributed by atoms with E-state index in [1.807, 2.05) is 56.0 Å². The maximum Gasteiger partial charge on any atom is 0.317 e. The first kappa shape index (κ1) is 19.8. The van der Waals surface area contributed by atoms with Crippen LogP contribution >= 0.6 is 0 Å². The quantitative estimate of drug-likeness (QED) is 0.881. The molecule has 0 radical (unpaired) electrons. The lowest BCUT2D eigenvalue weighted by molar-refractivity contribution is 0.0664. The van der Waals surface area contributed by atoms with E-state index < -0.39 is 0 Å². The molecule has 0 unspecified atom stereocenters. The second-order valence-corrected chi connectivity index (χ2v) is 6.93. The molecule has 150 valence electrons. The Labute approximate surface area is 165 Å². The van der Waals surface area contributed by atoms with Gasteiger partial charge in [0.25, 0.3) is 5.91 Å². The topological polar surface area (TPSA) is 66.8 Å². The lowest BCUT2D eigenvalue weighted by Gasteiger charge is -2.34. The molecule has 1 aromatic heterocycles. The van der Waals surface area contributed by atoms with Gasteiger partial charge in [0.05, 0.1) is 12.7 Å². The van der Waals surface area contributed by atoms with E-state index in [1.54, 1.807) is 12.0 Å². The monoisotopic (exact) mass is 384 g/mol. The molecule has 2 aromatic rings. The van der Waals surface area contributed by atoms with E-state index in [2.05, 4.69) is 9.88 Å². The first-order valence-electron chi connectivity index (χ1n) is 9.61. The van der Waals surface area contributed by atoms with E-state index in [-0.39, 0.29) is 11.9 Å². The lowest BCUT2D eigenvalue weighted by Crippen LogP contribution is -2.53. The molecule has 0 spiro atoms. The van der Waals surface area contributed by atoms with E-state index in [9.17, 15) is 9.59 Å². The van der Waals surface area contributed by atoms with E-state index in [1.165, 1.54) is 0 Å². The lowest BCUT2D eigenvalue weighted by atomic mass is 10.2. The molecule has 1 fully saturated rings. The summed E-state index contributed by atoms with van der Waals surface area (Å²) in [5.74, 6) is 0.816. The van der Waals surface area contributed by atoms with Crippen molar-refractivity contribution in [2.45, 2.75) is 20.8 Å². The van der Waals surface area contributed by atoms with Gasteiger partial charge < -0.3 is 24.4 Å². The number of nitrogens with one attached hydrogen (secondary N) is 1.